The van der Waals surface area contributed by atoms with Crippen molar-refractivity contribution in [1.82, 2.24) is 15.0 Å². The lowest BCUT2D eigenvalue weighted by Gasteiger charge is -2.11. The van der Waals surface area contributed by atoms with Gasteiger partial charge in [0, 0.05) is 24.7 Å². The first-order valence-corrected chi connectivity index (χ1v) is 10.9. The van der Waals surface area contributed by atoms with Crippen LogP contribution in [0.5, 0.6) is 0 Å². The number of halogens is 2. The molecule has 0 radical (unpaired) electrons. The number of nitrogens with zero attached hydrogens (tertiary/aromatic N) is 3. The highest BCUT2D eigenvalue weighted by atomic mass is 32.2. The molecule has 11 heteroatoms. The molecular weight excluding hydrogens is 430 g/mol. The lowest BCUT2D eigenvalue weighted by Crippen LogP contribution is -2.27. The van der Waals surface area contributed by atoms with Gasteiger partial charge in [0.25, 0.3) is 10.0 Å². The van der Waals surface area contributed by atoms with E-state index >= 15 is 0 Å². The minimum Gasteiger partial charge on any atom is -0.334 e. The topological polar surface area (TPSA) is 105 Å². The van der Waals surface area contributed by atoms with Gasteiger partial charge in [0.05, 0.1) is 10.6 Å². The van der Waals surface area contributed by atoms with Crippen LogP contribution < -0.4 is 4.72 Å². The van der Waals surface area contributed by atoms with Gasteiger partial charge < -0.3 is 9.42 Å². The molecule has 0 atom stereocenters. The van der Waals surface area contributed by atoms with E-state index in [1.54, 1.807) is 24.0 Å². The second kappa shape index (κ2) is 8.06. The Labute approximate surface area is 176 Å². The molecule has 1 fully saturated rings. The molecule has 162 valence electrons. The molecule has 1 aliphatic rings. The van der Waals surface area contributed by atoms with Crippen molar-refractivity contribution in [2.45, 2.75) is 24.7 Å². The van der Waals surface area contributed by atoms with Gasteiger partial charge in [-0.15, -0.1) is 0 Å². The number of anilines is 1. The zero-order valence-corrected chi connectivity index (χ0v) is 17.2. The number of aryl methyl sites for hydroxylation is 1. The molecule has 1 aromatic heterocycles. The molecule has 2 aromatic carbocycles. The molecule has 4 rings (SSSR count). The van der Waals surface area contributed by atoms with Crippen LogP contribution in [0.1, 0.15) is 29.1 Å². The molecule has 3 aromatic rings. The fourth-order valence-corrected chi connectivity index (χ4v) is 4.60. The Hall–Kier alpha value is -3.34. The first kappa shape index (κ1) is 20.9. The first-order valence-electron chi connectivity index (χ1n) is 9.46. The van der Waals surface area contributed by atoms with Gasteiger partial charge in [-0.25, -0.2) is 17.2 Å². The maximum atomic E-state index is 13.4. The third-order valence-electron chi connectivity index (χ3n) is 4.91. The van der Waals surface area contributed by atoms with Crippen molar-refractivity contribution in [3.8, 4) is 11.4 Å². The van der Waals surface area contributed by atoms with Crippen molar-refractivity contribution < 1.29 is 26.5 Å². The second-order valence-corrected chi connectivity index (χ2v) is 8.79. The molecule has 8 nitrogen and oxygen atoms in total. The minimum absolute atomic E-state index is 0.0619. The predicted molar refractivity (Wildman–Crippen MR) is 107 cm³/mol. The number of benzene rings is 2. The number of amides is 1. The fraction of sp³-hybridized carbons (Fsp3) is 0.250. The van der Waals surface area contributed by atoms with Gasteiger partial charge in [-0.2, -0.15) is 4.98 Å². The number of hydrogen-bond acceptors (Lipinski definition) is 6. The standard InChI is InChI=1S/C20H18F2N4O4S/c1-12-4-5-13(18-23-19(30-24-18)20(27)26-8-2-3-9-26)10-17(12)31(28,29)25-14-6-7-15(21)16(22)11-14/h4-7,10-11,25H,2-3,8-9H2,1H3. The lowest BCUT2D eigenvalue weighted by molar-refractivity contribution is 0.0743. The number of hydrogen-bond donors (Lipinski definition) is 1. The third-order valence-corrected chi connectivity index (χ3v) is 6.43. The van der Waals surface area contributed by atoms with Gasteiger partial charge in [-0.3, -0.25) is 9.52 Å². The van der Waals surface area contributed by atoms with E-state index in [0.717, 1.165) is 31.0 Å². The third kappa shape index (κ3) is 4.26. The Morgan fingerprint density at radius 2 is 1.84 bits per heavy atom. The summed E-state index contributed by atoms with van der Waals surface area (Å²) in [5, 5.41) is 3.80. The summed E-state index contributed by atoms with van der Waals surface area (Å²) in [7, 11) is -4.13. The van der Waals surface area contributed by atoms with Crippen molar-refractivity contribution >= 4 is 21.6 Å². The fourth-order valence-electron chi connectivity index (χ4n) is 3.28. The van der Waals surface area contributed by atoms with E-state index in [1.165, 1.54) is 6.07 Å². The van der Waals surface area contributed by atoms with Gasteiger partial charge in [-0.1, -0.05) is 17.3 Å². The summed E-state index contributed by atoms with van der Waals surface area (Å²) >= 11 is 0. The van der Waals surface area contributed by atoms with Crippen LogP contribution in [-0.2, 0) is 10.0 Å². The summed E-state index contributed by atoms with van der Waals surface area (Å²) in [5.74, 6) is -2.73. The van der Waals surface area contributed by atoms with Gasteiger partial charge in [0.2, 0.25) is 5.82 Å². The Bertz CT molecular complexity index is 1250. The number of sulfonamides is 1. The molecule has 31 heavy (non-hydrogen) atoms. The highest BCUT2D eigenvalue weighted by molar-refractivity contribution is 7.92. The molecule has 0 bridgehead atoms. The summed E-state index contributed by atoms with van der Waals surface area (Å²) in [5.41, 5.74) is 0.609. The van der Waals surface area contributed by atoms with Crippen LogP contribution in [0.2, 0.25) is 0 Å². The molecular formula is C20H18F2N4O4S. The number of likely N-dealkylation sites (tertiary alicyclic amines) is 1. The predicted octanol–water partition coefficient (Wildman–Crippen LogP) is 3.36. The van der Waals surface area contributed by atoms with E-state index in [0.29, 0.717) is 24.2 Å². The van der Waals surface area contributed by atoms with Gasteiger partial charge in [0.15, 0.2) is 11.6 Å². The van der Waals surface area contributed by atoms with E-state index in [9.17, 15) is 22.0 Å². The van der Waals surface area contributed by atoms with Crippen molar-refractivity contribution in [1.29, 1.82) is 0 Å². The van der Waals surface area contributed by atoms with Gasteiger partial charge in [-0.05, 0) is 43.5 Å². The van der Waals surface area contributed by atoms with Crippen LogP contribution >= 0.6 is 0 Å². The zero-order valence-electron chi connectivity index (χ0n) is 16.4. The Kier molecular flexibility index (Phi) is 5.44. The van der Waals surface area contributed by atoms with Crippen LogP contribution in [-0.4, -0.2) is 42.5 Å². The monoisotopic (exact) mass is 448 g/mol. The van der Waals surface area contributed by atoms with Crippen molar-refractivity contribution in [2.75, 3.05) is 17.8 Å². The van der Waals surface area contributed by atoms with Crippen molar-refractivity contribution in [3.05, 3.63) is 59.5 Å². The Morgan fingerprint density at radius 1 is 1.10 bits per heavy atom. The second-order valence-electron chi connectivity index (χ2n) is 7.14. The number of nitrogens with one attached hydrogen (secondary N) is 1. The number of carbonyl (C=O) groups excluding carboxylic acids is 1. The maximum Gasteiger partial charge on any atom is 0.316 e. The average Bonchev–Trinajstić information content (AvgIpc) is 3.42. The summed E-state index contributed by atoms with van der Waals surface area (Å²) in [6.07, 6.45) is 1.83. The molecule has 1 N–H and O–H groups in total. The Balaban J connectivity index is 1.62. The van der Waals surface area contributed by atoms with Crippen molar-refractivity contribution in [2.24, 2.45) is 0 Å². The van der Waals surface area contributed by atoms with E-state index in [2.05, 4.69) is 14.9 Å². The number of carbonyl (C=O) groups is 1. The van der Waals surface area contributed by atoms with Crippen LogP contribution in [0.4, 0.5) is 14.5 Å². The SMILES string of the molecule is Cc1ccc(-c2noc(C(=O)N3CCCC3)n2)cc1S(=O)(=O)Nc1ccc(F)c(F)c1. The first-order chi connectivity index (χ1) is 14.7. The number of aromatic nitrogens is 2. The van der Waals surface area contributed by atoms with Crippen LogP contribution in [0, 0.1) is 18.6 Å². The highest BCUT2D eigenvalue weighted by Crippen LogP contribution is 2.26. The van der Waals surface area contributed by atoms with Gasteiger partial charge >= 0.3 is 11.8 Å². The normalized spacial score (nSPS) is 14.1. The lowest BCUT2D eigenvalue weighted by atomic mass is 10.1. The van der Waals surface area contributed by atoms with E-state index in [-0.39, 0.29) is 28.2 Å². The summed E-state index contributed by atoms with van der Waals surface area (Å²) in [6.45, 7) is 2.83. The van der Waals surface area contributed by atoms with Crippen LogP contribution in [0.3, 0.4) is 0 Å². The smallest absolute Gasteiger partial charge is 0.316 e. The van der Waals surface area contributed by atoms with Crippen LogP contribution in [0.25, 0.3) is 11.4 Å². The molecule has 0 saturated carbocycles. The van der Waals surface area contributed by atoms with Crippen LogP contribution in [0.15, 0.2) is 45.8 Å². The van der Waals surface area contributed by atoms with Crippen molar-refractivity contribution in [3.63, 3.8) is 0 Å². The average molecular weight is 448 g/mol. The summed E-state index contributed by atoms with van der Waals surface area (Å²) in [4.78, 5) is 18.0. The van der Waals surface area contributed by atoms with E-state index in [4.69, 9.17) is 4.52 Å². The largest absolute Gasteiger partial charge is 0.334 e. The Morgan fingerprint density at radius 3 is 2.55 bits per heavy atom. The highest BCUT2D eigenvalue weighted by Gasteiger charge is 2.26. The van der Waals surface area contributed by atoms with Gasteiger partial charge in [0.1, 0.15) is 0 Å². The maximum absolute atomic E-state index is 13.4. The summed E-state index contributed by atoms with van der Waals surface area (Å²) in [6, 6.07) is 7.17. The molecule has 1 saturated heterocycles. The zero-order chi connectivity index (χ0) is 22.2. The van der Waals surface area contributed by atoms with E-state index < -0.39 is 21.7 Å². The number of rotatable bonds is 5. The molecule has 2 heterocycles. The molecule has 1 aliphatic heterocycles. The molecule has 0 spiro atoms. The summed E-state index contributed by atoms with van der Waals surface area (Å²) < 4.78 is 59.5. The molecule has 1 amide bonds. The molecule has 0 unspecified atom stereocenters. The van der Waals surface area contributed by atoms with E-state index in [1.807, 2.05) is 0 Å². The minimum atomic E-state index is -4.13. The quantitative estimate of drug-likeness (QED) is 0.642. The molecule has 0 aliphatic carbocycles.